The summed E-state index contributed by atoms with van der Waals surface area (Å²) in [7, 11) is 1.14. The molecule has 0 aliphatic heterocycles. The Kier molecular flexibility index (Phi) is 49.5. The van der Waals surface area contributed by atoms with Gasteiger partial charge in [0.2, 0.25) is 0 Å². The summed E-state index contributed by atoms with van der Waals surface area (Å²) < 4.78 is 34.0. The number of ether oxygens (including phenoxy) is 2. The lowest BCUT2D eigenvalue weighted by Crippen LogP contribution is -2.37. The molecule has 0 aliphatic rings. The number of quaternary nitrogens is 1. The molecule has 0 amide bonds. The highest BCUT2D eigenvalue weighted by molar-refractivity contribution is 7.45. The van der Waals surface area contributed by atoms with E-state index >= 15 is 0 Å². The van der Waals surface area contributed by atoms with E-state index in [1.807, 2.05) is 21.1 Å². The molecule has 2 atom stereocenters. The number of rotatable bonds is 52. The maximum absolute atomic E-state index is 12.7. The van der Waals surface area contributed by atoms with E-state index in [0.717, 1.165) is 64.2 Å². The van der Waals surface area contributed by atoms with Gasteiger partial charge in [0.15, 0.2) is 6.10 Å². The van der Waals surface area contributed by atoms with Crippen LogP contribution in [0.25, 0.3) is 0 Å². The molecule has 0 bridgehead atoms. The highest BCUT2D eigenvalue weighted by Crippen LogP contribution is 2.38. The van der Waals surface area contributed by atoms with Crippen molar-refractivity contribution in [1.82, 2.24) is 0 Å². The highest BCUT2D eigenvalue weighted by atomic mass is 31.2. The zero-order valence-electron chi connectivity index (χ0n) is 46.0. The number of likely N-dealkylation sites (N-methyl/N-ethyl adjacent to an activating group) is 1. The molecule has 0 rings (SSSR count). The maximum Gasteiger partial charge on any atom is 0.306 e. The van der Waals surface area contributed by atoms with Crippen molar-refractivity contribution < 1.29 is 42.1 Å². The van der Waals surface area contributed by atoms with Crippen LogP contribution in [0.5, 0.6) is 0 Å². The van der Waals surface area contributed by atoms with Gasteiger partial charge in [0.05, 0.1) is 27.7 Å². The first-order valence-corrected chi connectivity index (χ1v) is 30.1. The quantitative estimate of drug-likeness (QED) is 0.0195. The van der Waals surface area contributed by atoms with E-state index in [2.05, 4.69) is 86.8 Å². The minimum atomic E-state index is -4.65. The van der Waals surface area contributed by atoms with Gasteiger partial charge in [0.1, 0.15) is 19.8 Å². The molecule has 0 N–H and O–H groups in total. The van der Waals surface area contributed by atoms with Crippen molar-refractivity contribution in [2.75, 3.05) is 47.5 Å². The Bertz CT molecular complexity index is 1410. The lowest BCUT2D eigenvalue weighted by Gasteiger charge is -2.28. The Morgan fingerprint density at radius 1 is 0.457 bits per heavy atom. The topological polar surface area (TPSA) is 111 Å². The van der Waals surface area contributed by atoms with E-state index in [-0.39, 0.29) is 26.1 Å². The average molecular weight is 1000 g/mol. The molecule has 10 heteroatoms. The molecule has 0 aromatic heterocycles. The summed E-state index contributed by atoms with van der Waals surface area (Å²) in [5, 5.41) is 0. The van der Waals surface area contributed by atoms with Crippen molar-refractivity contribution in [3.63, 3.8) is 0 Å². The average Bonchev–Trinajstić information content (AvgIpc) is 3.32. The Labute approximate surface area is 431 Å². The molecule has 2 unspecified atom stereocenters. The summed E-state index contributed by atoms with van der Waals surface area (Å²) in [6.45, 7) is 4.07. The van der Waals surface area contributed by atoms with Crippen LogP contribution >= 0.6 is 7.82 Å². The molecular weight excluding hydrogens is 894 g/mol. The van der Waals surface area contributed by atoms with Gasteiger partial charge in [-0.25, -0.2) is 0 Å². The molecule has 0 aromatic rings. The first kappa shape index (κ1) is 67.5. The van der Waals surface area contributed by atoms with Crippen LogP contribution in [0.3, 0.4) is 0 Å². The van der Waals surface area contributed by atoms with Gasteiger partial charge in [-0.3, -0.25) is 14.2 Å². The molecular formula is C60H108NO8P. The smallest absolute Gasteiger partial charge is 0.306 e. The third-order valence-electron chi connectivity index (χ3n) is 12.2. The molecule has 70 heavy (non-hydrogen) atoms. The van der Waals surface area contributed by atoms with Gasteiger partial charge < -0.3 is 27.9 Å². The molecule has 0 fully saturated rings. The van der Waals surface area contributed by atoms with Gasteiger partial charge in [0.25, 0.3) is 7.82 Å². The highest BCUT2D eigenvalue weighted by Gasteiger charge is 2.21. The lowest BCUT2D eigenvalue weighted by molar-refractivity contribution is -0.870. The zero-order chi connectivity index (χ0) is 51.3. The molecule has 0 aromatic carbocycles. The second-order valence-electron chi connectivity index (χ2n) is 20.3. The van der Waals surface area contributed by atoms with Crippen molar-refractivity contribution in [1.29, 1.82) is 0 Å². The van der Waals surface area contributed by atoms with E-state index in [1.54, 1.807) is 0 Å². The van der Waals surface area contributed by atoms with Gasteiger partial charge in [0, 0.05) is 12.8 Å². The first-order chi connectivity index (χ1) is 34.0. The molecule has 0 saturated carbocycles. The number of unbranched alkanes of at least 4 members (excludes halogenated alkanes) is 26. The van der Waals surface area contributed by atoms with Crippen molar-refractivity contribution >= 4 is 19.8 Å². The Hall–Kier alpha value is -2.55. The Balaban J connectivity index is 4.07. The van der Waals surface area contributed by atoms with Crippen molar-refractivity contribution in [2.45, 2.75) is 251 Å². The minimum absolute atomic E-state index is 0.0408. The summed E-state index contributed by atoms with van der Waals surface area (Å²) in [5.41, 5.74) is 0. The standard InChI is InChI=1S/C60H108NO8P/c1-6-8-10-12-14-16-18-20-22-23-24-25-26-27-28-29-30-31-32-33-34-35-36-37-39-40-42-44-46-48-50-52-59(62)66-56-58(57-68-70(64,65)67-55-54-61(3,4)5)69-60(63)53-51-49-47-45-43-41-38-21-19-17-15-13-11-9-7-2/h9,11,15,17-18,20-21,23-24,38,43,45,58H,6-8,10,12-14,16,19,22,25-37,39-42,44,46-57H2,1-5H3/b11-9-,17-15-,20-18-,24-23-,38-21-,45-43-. The van der Waals surface area contributed by atoms with E-state index in [1.165, 1.54) is 148 Å². The lowest BCUT2D eigenvalue weighted by atomic mass is 10.0. The fourth-order valence-electron chi connectivity index (χ4n) is 7.80. The summed E-state index contributed by atoms with van der Waals surface area (Å²) in [4.78, 5) is 37.8. The van der Waals surface area contributed by atoms with Crippen molar-refractivity contribution in [3.05, 3.63) is 72.9 Å². The monoisotopic (exact) mass is 1000 g/mol. The second-order valence-corrected chi connectivity index (χ2v) is 21.7. The maximum atomic E-state index is 12.7. The van der Waals surface area contributed by atoms with Crippen LogP contribution in [0.4, 0.5) is 0 Å². The molecule has 0 spiro atoms. The Morgan fingerprint density at radius 3 is 1.24 bits per heavy atom. The zero-order valence-corrected chi connectivity index (χ0v) is 46.8. The Morgan fingerprint density at radius 2 is 0.814 bits per heavy atom. The molecule has 0 saturated heterocycles. The number of phosphoric acid groups is 1. The SMILES string of the molecule is CC/C=C\C/C=C\C/C=C\C/C=C\CCCCC(=O)OC(COC(=O)CCCCCCCCCCCCCCCCCCCCC/C=C\C/C=C\CCCCCCC)COP(=O)([O-])OCC[N+](C)(C)C. The third-order valence-corrected chi connectivity index (χ3v) is 13.2. The van der Waals surface area contributed by atoms with Crippen LogP contribution in [-0.4, -0.2) is 70.0 Å². The fraction of sp³-hybridized carbons (Fsp3) is 0.767. The van der Waals surface area contributed by atoms with Crippen molar-refractivity contribution in [3.8, 4) is 0 Å². The summed E-state index contributed by atoms with van der Waals surface area (Å²) >= 11 is 0. The van der Waals surface area contributed by atoms with E-state index in [9.17, 15) is 19.0 Å². The number of phosphoric ester groups is 1. The third kappa shape index (κ3) is 54.8. The van der Waals surface area contributed by atoms with E-state index < -0.39 is 32.5 Å². The normalized spacial score (nSPS) is 13.9. The predicted octanol–water partition coefficient (Wildman–Crippen LogP) is 17.1. The minimum Gasteiger partial charge on any atom is -0.756 e. The molecule has 0 heterocycles. The van der Waals surface area contributed by atoms with E-state index in [0.29, 0.717) is 17.4 Å². The summed E-state index contributed by atoms with van der Waals surface area (Å²) in [6, 6.07) is 0. The van der Waals surface area contributed by atoms with Gasteiger partial charge in [-0.2, -0.15) is 0 Å². The van der Waals surface area contributed by atoms with Gasteiger partial charge >= 0.3 is 11.9 Å². The fourth-order valence-corrected chi connectivity index (χ4v) is 8.52. The number of nitrogens with zero attached hydrogens (tertiary/aromatic N) is 1. The molecule has 0 radical (unpaired) electrons. The number of hydrogen-bond donors (Lipinski definition) is 0. The van der Waals surface area contributed by atoms with Crippen LogP contribution in [0, 0.1) is 0 Å². The molecule has 0 aliphatic carbocycles. The summed E-state index contributed by atoms with van der Waals surface area (Å²) in [6.07, 6.45) is 66.9. The number of hydrogen-bond acceptors (Lipinski definition) is 8. The van der Waals surface area contributed by atoms with Crippen LogP contribution in [0.15, 0.2) is 72.9 Å². The molecule has 406 valence electrons. The van der Waals surface area contributed by atoms with Crippen LogP contribution in [0.2, 0.25) is 0 Å². The number of carbonyl (C=O) groups is 2. The molecule has 9 nitrogen and oxygen atoms in total. The second kappa shape index (κ2) is 51.4. The number of carbonyl (C=O) groups excluding carboxylic acids is 2. The van der Waals surface area contributed by atoms with Gasteiger partial charge in [-0.05, 0) is 83.5 Å². The number of allylic oxidation sites excluding steroid dienone is 12. The van der Waals surface area contributed by atoms with Crippen LogP contribution < -0.4 is 4.89 Å². The van der Waals surface area contributed by atoms with E-state index in [4.69, 9.17) is 18.5 Å². The van der Waals surface area contributed by atoms with Gasteiger partial charge in [-0.15, -0.1) is 0 Å². The number of esters is 2. The van der Waals surface area contributed by atoms with Crippen LogP contribution in [0.1, 0.15) is 245 Å². The first-order valence-electron chi connectivity index (χ1n) is 28.6. The largest absolute Gasteiger partial charge is 0.756 e. The van der Waals surface area contributed by atoms with Gasteiger partial charge in [-0.1, -0.05) is 222 Å². The predicted molar refractivity (Wildman–Crippen MR) is 296 cm³/mol. The van der Waals surface area contributed by atoms with Crippen LogP contribution in [-0.2, 0) is 32.7 Å². The summed E-state index contributed by atoms with van der Waals surface area (Å²) in [5.74, 6) is -0.879. The van der Waals surface area contributed by atoms with Crippen molar-refractivity contribution in [2.24, 2.45) is 0 Å².